The molecule has 0 aromatic heterocycles. The first-order chi connectivity index (χ1) is 9.74. The molecule has 2 aromatic rings. The summed E-state index contributed by atoms with van der Waals surface area (Å²) in [4.78, 5) is 10.7. The van der Waals surface area contributed by atoms with Crippen molar-refractivity contribution in [2.45, 2.75) is 25.9 Å². The van der Waals surface area contributed by atoms with Crippen LogP contribution in [0, 0.1) is 0 Å². The molecule has 0 radical (unpaired) electrons. The van der Waals surface area contributed by atoms with Crippen LogP contribution in [0.5, 0.6) is 5.75 Å². The van der Waals surface area contributed by atoms with Crippen LogP contribution in [-0.4, -0.2) is 5.91 Å². The molecule has 0 atom stereocenters. The van der Waals surface area contributed by atoms with E-state index in [0.717, 1.165) is 29.7 Å². The minimum absolute atomic E-state index is 0.249. The van der Waals surface area contributed by atoms with E-state index in [2.05, 4.69) is 0 Å². The average molecular weight is 269 g/mol. The van der Waals surface area contributed by atoms with E-state index in [9.17, 15) is 4.79 Å². The van der Waals surface area contributed by atoms with Crippen molar-refractivity contribution in [1.82, 2.24) is 0 Å². The smallest absolute Gasteiger partial charge is 0.217 e. The molecule has 2 N–H and O–H groups in total. The monoisotopic (exact) mass is 269 g/mol. The molecule has 0 aliphatic carbocycles. The minimum atomic E-state index is -0.249. The normalized spacial score (nSPS) is 10.2. The maximum Gasteiger partial charge on any atom is 0.217 e. The summed E-state index contributed by atoms with van der Waals surface area (Å²) >= 11 is 0. The number of carbonyl (C=O) groups is 1. The summed E-state index contributed by atoms with van der Waals surface area (Å²) in [7, 11) is 0. The van der Waals surface area contributed by atoms with Crippen LogP contribution in [0.25, 0.3) is 0 Å². The molecule has 0 saturated heterocycles. The van der Waals surface area contributed by atoms with E-state index in [0.29, 0.717) is 13.0 Å². The fourth-order valence-corrected chi connectivity index (χ4v) is 2.00. The van der Waals surface area contributed by atoms with Gasteiger partial charge >= 0.3 is 0 Å². The third-order valence-corrected chi connectivity index (χ3v) is 3.04. The number of primary amides is 1. The molecule has 2 aromatic carbocycles. The summed E-state index contributed by atoms with van der Waals surface area (Å²) in [6.07, 6.45) is 2.04. The van der Waals surface area contributed by atoms with Crippen LogP contribution < -0.4 is 10.5 Å². The zero-order chi connectivity index (χ0) is 14.2. The van der Waals surface area contributed by atoms with Gasteiger partial charge in [0.2, 0.25) is 5.91 Å². The quantitative estimate of drug-likeness (QED) is 0.839. The Kier molecular flexibility index (Phi) is 5.18. The zero-order valence-electron chi connectivity index (χ0n) is 11.4. The topological polar surface area (TPSA) is 52.3 Å². The van der Waals surface area contributed by atoms with Crippen molar-refractivity contribution in [2.75, 3.05) is 0 Å². The molecule has 0 aliphatic rings. The first-order valence-corrected chi connectivity index (χ1v) is 6.78. The second kappa shape index (κ2) is 7.34. The van der Waals surface area contributed by atoms with Crippen LogP contribution in [0.15, 0.2) is 54.6 Å². The Morgan fingerprint density at radius 3 is 2.50 bits per heavy atom. The summed E-state index contributed by atoms with van der Waals surface area (Å²) in [6.45, 7) is 0.561. The van der Waals surface area contributed by atoms with Crippen molar-refractivity contribution in [1.29, 1.82) is 0 Å². The fourth-order valence-electron chi connectivity index (χ4n) is 2.00. The highest BCUT2D eigenvalue weighted by molar-refractivity contribution is 5.73. The number of hydrogen-bond donors (Lipinski definition) is 1. The molecule has 20 heavy (non-hydrogen) atoms. The maximum absolute atomic E-state index is 10.7. The largest absolute Gasteiger partial charge is 0.489 e. The summed E-state index contributed by atoms with van der Waals surface area (Å²) in [6, 6.07) is 18.0. The molecule has 104 valence electrons. The Morgan fingerprint density at radius 2 is 1.75 bits per heavy atom. The van der Waals surface area contributed by atoms with Crippen LogP contribution in [-0.2, 0) is 17.8 Å². The molecule has 1 amide bonds. The standard InChI is InChI=1S/C17H19NO2/c18-17(19)11-5-9-14-8-4-10-16(12-14)20-13-15-6-2-1-3-7-15/h1-4,6-8,10,12H,5,9,11,13H2,(H2,18,19). The maximum atomic E-state index is 10.7. The number of benzene rings is 2. The molecule has 2 rings (SSSR count). The van der Waals surface area contributed by atoms with E-state index in [1.54, 1.807) is 0 Å². The summed E-state index contributed by atoms with van der Waals surface area (Å²) < 4.78 is 5.77. The highest BCUT2D eigenvalue weighted by Crippen LogP contribution is 2.16. The highest BCUT2D eigenvalue weighted by Gasteiger charge is 2.00. The average Bonchev–Trinajstić information content (AvgIpc) is 2.46. The van der Waals surface area contributed by atoms with Gasteiger partial charge in [0.05, 0.1) is 0 Å². The Hall–Kier alpha value is -2.29. The van der Waals surface area contributed by atoms with E-state index in [1.807, 2.05) is 54.6 Å². The van der Waals surface area contributed by atoms with Crippen molar-refractivity contribution in [3.63, 3.8) is 0 Å². The van der Waals surface area contributed by atoms with Gasteiger partial charge in [-0.25, -0.2) is 0 Å². The van der Waals surface area contributed by atoms with Crippen LogP contribution in [0.1, 0.15) is 24.0 Å². The van der Waals surface area contributed by atoms with Crippen molar-refractivity contribution < 1.29 is 9.53 Å². The molecule has 0 aliphatic heterocycles. The van der Waals surface area contributed by atoms with Crippen LogP contribution in [0.2, 0.25) is 0 Å². The number of carbonyl (C=O) groups excluding carboxylic acids is 1. The van der Waals surface area contributed by atoms with Gasteiger partial charge in [0.15, 0.2) is 0 Å². The summed E-state index contributed by atoms with van der Waals surface area (Å²) in [5, 5.41) is 0. The second-order valence-corrected chi connectivity index (χ2v) is 4.74. The first-order valence-electron chi connectivity index (χ1n) is 6.78. The van der Waals surface area contributed by atoms with Crippen molar-refractivity contribution >= 4 is 5.91 Å². The zero-order valence-corrected chi connectivity index (χ0v) is 11.4. The van der Waals surface area contributed by atoms with Crippen molar-refractivity contribution in [3.8, 4) is 5.75 Å². The molecule has 0 spiro atoms. The molecular weight excluding hydrogens is 250 g/mol. The number of hydrogen-bond acceptors (Lipinski definition) is 2. The van der Waals surface area contributed by atoms with Crippen molar-refractivity contribution in [3.05, 3.63) is 65.7 Å². The number of nitrogens with two attached hydrogens (primary N) is 1. The minimum Gasteiger partial charge on any atom is -0.489 e. The van der Waals surface area contributed by atoms with Gasteiger partial charge < -0.3 is 10.5 Å². The SMILES string of the molecule is NC(=O)CCCc1cccc(OCc2ccccc2)c1. The number of ether oxygens (including phenoxy) is 1. The molecule has 0 bridgehead atoms. The Balaban J connectivity index is 1.87. The Morgan fingerprint density at radius 1 is 1.00 bits per heavy atom. The first kappa shape index (κ1) is 14.1. The lowest BCUT2D eigenvalue weighted by molar-refractivity contribution is -0.118. The van der Waals surface area contributed by atoms with E-state index in [4.69, 9.17) is 10.5 Å². The van der Waals surface area contributed by atoms with Gasteiger partial charge in [-0.2, -0.15) is 0 Å². The Labute approximate surface area is 119 Å². The molecule has 0 fully saturated rings. The van der Waals surface area contributed by atoms with Gasteiger partial charge in [-0.1, -0.05) is 42.5 Å². The van der Waals surface area contributed by atoms with Gasteiger partial charge in [-0.15, -0.1) is 0 Å². The van der Waals surface area contributed by atoms with Crippen molar-refractivity contribution in [2.24, 2.45) is 5.73 Å². The van der Waals surface area contributed by atoms with E-state index in [1.165, 1.54) is 0 Å². The van der Waals surface area contributed by atoms with Gasteiger partial charge in [0, 0.05) is 6.42 Å². The molecule has 3 heteroatoms. The van der Waals surface area contributed by atoms with Gasteiger partial charge in [-0.3, -0.25) is 4.79 Å². The lowest BCUT2D eigenvalue weighted by Gasteiger charge is -2.08. The van der Waals surface area contributed by atoms with Crippen LogP contribution >= 0.6 is 0 Å². The lowest BCUT2D eigenvalue weighted by atomic mass is 10.1. The molecule has 0 heterocycles. The molecule has 0 unspecified atom stereocenters. The summed E-state index contributed by atoms with van der Waals surface area (Å²) in [5.74, 6) is 0.604. The predicted octanol–water partition coefficient (Wildman–Crippen LogP) is 3.07. The second-order valence-electron chi connectivity index (χ2n) is 4.74. The highest BCUT2D eigenvalue weighted by atomic mass is 16.5. The Bertz CT molecular complexity index is 552. The van der Waals surface area contributed by atoms with Gasteiger partial charge in [0.25, 0.3) is 0 Å². The van der Waals surface area contributed by atoms with Crippen LogP contribution in [0.3, 0.4) is 0 Å². The van der Waals surface area contributed by atoms with Crippen LogP contribution in [0.4, 0.5) is 0 Å². The number of aryl methyl sites for hydroxylation is 1. The fraction of sp³-hybridized carbons (Fsp3) is 0.235. The third kappa shape index (κ3) is 4.76. The predicted molar refractivity (Wildman–Crippen MR) is 79.3 cm³/mol. The van der Waals surface area contributed by atoms with Gasteiger partial charge in [-0.05, 0) is 36.1 Å². The number of rotatable bonds is 7. The lowest BCUT2D eigenvalue weighted by Crippen LogP contribution is -2.10. The number of amides is 1. The molecule has 0 saturated carbocycles. The summed E-state index contributed by atoms with van der Waals surface area (Å²) in [5.41, 5.74) is 7.44. The molecule has 3 nitrogen and oxygen atoms in total. The third-order valence-electron chi connectivity index (χ3n) is 3.04. The van der Waals surface area contributed by atoms with E-state index >= 15 is 0 Å². The molecular formula is C17H19NO2. The van der Waals surface area contributed by atoms with E-state index in [-0.39, 0.29) is 5.91 Å². The van der Waals surface area contributed by atoms with E-state index < -0.39 is 0 Å². The van der Waals surface area contributed by atoms with Gasteiger partial charge in [0.1, 0.15) is 12.4 Å².